The summed E-state index contributed by atoms with van der Waals surface area (Å²) >= 11 is 0. The zero-order chi connectivity index (χ0) is 19.2. The monoisotopic (exact) mass is 391 g/mol. The van der Waals surface area contributed by atoms with E-state index in [1.165, 1.54) is 6.07 Å². The highest BCUT2D eigenvalue weighted by molar-refractivity contribution is 7.92. The molecule has 2 atom stereocenters. The molecule has 4 nitrogen and oxygen atoms in total. The number of fused-ring (bicyclic) bond motifs is 2. The number of amides is 1. The molecular formula is C20H19F2NO3S. The summed E-state index contributed by atoms with van der Waals surface area (Å²) in [4.78, 5) is 14.8. The van der Waals surface area contributed by atoms with Crippen molar-refractivity contribution >= 4 is 15.7 Å². The number of benzene rings is 2. The molecule has 0 spiro atoms. The van der Waals surface area contributed by atoms with Gasteiger partial charge in [0, 0.05) is 17.6 Å². The summed E-state index contributed by atoms with van der Waals surface area (Å²) in [5, 5.41) is -0.536. The third kappa shape index (κ3) is 3.14. The van der Waals surface area contributed by atoms with Crippen molar-refractivity contribution in [3.05, 3.63) is 65.7 Å². The molecule has 0 saturated carbocycles. The molecule has 2 bridgehead atoms. The van der Waals surface area contributed by atoms with Gasteiger partial charge >= 0.3 is 0 Å². The Labute approximate surface area is 156 Å². The molecular weight excluding hydrogens is 372 g/mol. The van der Waals surface area contributed by atoms with Crippen molar-refractivity contribution in [1.29, 1.82) is 0 Å². The van der Waals surface area contributed by atoms with Gasteiger partial charge in [-0.2, -0.15) is 0 Å². The minimum absolute atomic E-state index is 0.0927. The topological polar surface area (TPSA) is 54.5 Å². The van der Waals surface area contributed by atoms with E-state index in [1.807, 2.05) is 0 Å². The molecule has 27 heavy (non-hydrogen) atoms. The Hall–Kier alpha value is -2.28. The van der Waals surface area contributed by atoms with Crippen LogP contribution in [0, 0.1) is 11.6 Å². The summed E-state index contributed by atoms with van der Waals surface area (Å²) in [7, 11) is -3.46. The van der Waals surface area contributed by atoms with Gasteiger partial charge in [0.1, 0.15) is 0 Å². The highest BCUT2D eigenvalue weighted by atomic mass is 32.2. The van der Waals surface area contributed by atoms with Crippen molar-refractivity contribution in [3.8, 4) is 0 Å². The first-order valence-electron chi connectivity index (χ1n) is 8.94. The second-order valence-electron chi connectivity index (χ2n) is 7.18. The molecule has 7 heteroatoms. The number of hydrogen-bond acceptors (Lipinski definition) is 3. The summed E-state index contributed by atoms with van der Waals surface area (Å²) in [6.07, 6.45) is 2.17. The molecule has 2 aliphatic heterocycles. The SMILES string of the molecule is O=C(c1ccc(F)c(F)c1)N1[C@H]2CC[C@H]1CC(S(=O)(=O)c1ccccc1)C2. The Morgan fingerprint density at radius 2 is 1.56 bits per heavy atom. The third-order valence-corrected chi connectivity index (χ3v) is 7.79. The molecule has 2 aliphatic rings. The maximum absolute atomic E-state index is 13.5. The molecule has 0 radical (unpaired) electrons. The molecule has 1 amide bonds. The van der Waals surface area contributed by atoms with E-state index in [4.69, 9.17) is 0 Å². The van der Waals surface area contributed by atoms with E-state index in [9.17, 15) is 22.0 Å². The van der Waals surface area contributed by atoms with Crippen LogP contribution in [0.3, 0.4) is 0 Å². The molecule has 142 valence electrons. The van der Waals surface area contributed by atoms with E-state index in [2.05, 4.69) is 0 Å². The maximum atomic E-state index is 13.5. The Morgan fingerprint density at radius 1 is 0.926 bits per heavy atom. The molecule has 4 rings (SSSR count). The van der Waals surface area contributed by atoms with Crippen molar-refractivity contribution in [3.63, 3.8) is 0 Å². The summed E-state index contributed by atoms with van der Waals surface area (Å²) in [5.74, 6) is -2.42. The first-order valence-corrected chi connectivity index (χ1v) is 10.5. The van der Waals surface area contributed by atoms with Crippen molar-refractivity contribution in [2.75, 3.05) is 0 Å². The number of hydrogen-bond donors (Lipinski definition) is 0. The number of halogens is 2. The van der Waals surface area contributed by atoms with Gasteiger partial charge in [-0.15, -0.1) is 0 Å². The second kappa shape index (κ2) is 6.71. The van der Waals surface area contributed by atoms with Gasteiger partial charge in [-0.05, 0) is 56.0 Å². The van der Waals surface area contributed by atoms with Crippen molar-refractivity contribution in [2.45, 2.75) is 47.9 Å². The highest BCUT2D eigenvalue weighted by Crippen LogP contribution is 2.40. The normalized spacial score (nSPS) is 24.8. The van der Waals surface area contributed by atoms with E-state index < -0.39 is 26.7 Å². The van der Waals surface area contributed by atoms with E-state index in [0.29, 0.717) is 17.7 Å². The van der Waals surface area contributed by atoms with E-state index in [-0.39, 0.29) is 23.6 Å². The smallest absolute Gasteiger partial charge is 0.254 e. The van der Waals surface area contributed by atoms with Gasteiger partial charge in [0.2, 0.25) is 0 Å². The van der Waals surface area contributed by atoms with Crippen molar-refractivity contribution in [2.24, 2.45) is 0 Å². The maximum Gasteiger partial charge on any atom is 0.254 e. The third-order valence-electron chi connectivity index (χ3n) is 5.60. The number of piperidine rings is 1. The first-order chi connectivity index (χ1) is 12.9. The molecule has 0 aromatic heterocycles. The lowest BCUT2D eigenvalue weighted by Crippen LogP contribution is -2.49. The van der Waals surface area contributed by atoms with Crippen LogP contribution in [0.4, 0.5) is 8.78 Å². The number of sulfone groups is 1. The zero-order valence-corrected chi connectivity index (χ0v) is 15.3. The van der Waals surface area contributed by atoms with E-state index in [0.717, 1.165) is 25.0 Å². The Kier molecular flexibility index (Phi) is 4.50. The Morgan fingerprint density at radius 3 is 2.15 bits per heavy atom. The predicted octanol–water partition coefficient (Wildman–Crippen LogP) is 3.57. The van der Waals surface area contributed by atoms with Gasteiger partial charge in [-0.3, -0.25) is 4.79 Å². The summed E-state index contributed by atoms with van der Waals surface area (Å²) in [6.45, 7) is 0. The van der Waals surface area contributed by atoms with Crippen LogP contribution in [0.25, 0.3) is 0 Å². The summed E-state index contributed by atoms with van der Waals surface area (Å²) in [5.41, 5.74) is 0.0927. The number of nitrogens with zero attached hydrogens (tertiary/aromatic N) is 1. The quantitative estimate of drug-likeness (QED) is 0.804. The number of carbonyl (C=O) groups excluding carboxylic acids is 1. The number of carbonyl (C=O) groups is 1. The molecule has 2 aromatic carbocycles. The minimum Gasteiger partial charge on any atom is -0.333 e. The van der Waals surface area contributed by atoms with E-state index in [1.54, 1.807) is 35.2 Å². The second-order valence-corrected chi connectivity index (χ2v) is 9.41. The minimum atomic E-state index is -3.46. The summed E-state index contributed by atoms with van der Waals surface area (Å²) in [6, 6.07) is 11.1. The van der Waals surface area contributed by atoms with Crippen LogP contribution in [0.5, 0.6) is 0 Å². The Balaban J connectivity index is 1.57. The molecule has 2 saturated heterocycles. The van der Waals surface area contributed by atoms with Gasteiger partial charge in [0.05, 0.1) is 10.1 Å². The van der Waals surface area contributed by atoms with Gasteiger partial charge in [-0.25, -0.2) is 17.2 Å². The van der Waals surface area contributed by atoms with Crippen molar-refractivity contribution in [1.82, 2.24) is 4.90 Å². The number of rotatable bonds is 3. The lowest BCUT2D eigenvalue weighted by Gasteiger charge is -2.38. The fraction of sp³-hybridized carbons (Fsp3) is 0.350. The van der Waals surface area contributed by atoms with Gasteiger partial charge in [0.25, 0.3) is 5.91 Å². The molecule has 0 N–H and O–H groups in total. The zero-order valence-electron chi connectivity index (χ0n) is 14.5. The average molecular weight is 391 g/mol. The van der Waals surface area contributed by atoms with Crippen molar-refractivity contribution < 1.29 is 22.0 Å². The average Bonchev–Trinajstić information content (AvgIpc) is 2.93. The Bertz CT molecular complexity index is 964. The van der Waals surface area contributed by atoms with E-state index >= 15 is 0 Å². The molecule has 2 heterocycles. The molecule has 0 unspecified atom stereocenters. The van der Waals surface area contributed by atoms with Gasteiger partial charge in [-0.1, -0.05) is 18.2 Å². The highest BCUT2D eigenvalue weighted by Gasteiger charge is 2.47. The fourth-order valence-electron chi connectivity index (χ4n) is 4.29. The lowest BCUT2D eigenvalue weighted by atomic mass is 10.0. The first kappa shape index (κ1) is 18.1. The van der Waals surface area contributed by atoms with Crippen LogP contribution in [0.2, 0.25) is 0 Å². The van der Waals surface area contributed by atoms with Crippen LogP contribution >= 0.6 is 0 Å². The lowest BCUT2D eigenvalue weighted by molar-refractivity contribution is 0.0597. The van der Waals surface area contributed by atoms with Crippen LogP contribution in [0.1, 0.15) is 36.0 Å². The molecule has 2 aromatic rings. The van der Waals surface area contributed by atoms with Gasteiger partial charge in [0.15, 0.2) is 21.5 Å². The van der Waals surface area contributed by atoms with Crippen LogP contribution in [-0.2, 0) is 9.84 Å². The predicted molar refractivity (Wildman–Crippen MR) is 96.0 cm³/mol. The fourth-order valence-corrected chi connectivity index (χ4v) is 6.17. The molecule has 2 fully saturated rings. The van der Waals surface area contributed by atoms with Gasteiger partial charge < -0.3 is 4.90 Å². The standard InChI is InChI=1S/C20H19F2NO3S/c21-18-9-6-13(10-19(18)22)20(24)23-14-7-8-15(23)12-17(11-14)27(25,26)16-4-2-1-3-5-16/h1-6,9-10,14-15,17H,7-8,11-12H2/t14-,15-/m0/s1. The van der Waals surface area contributed by atoms with Crippen LogP contribution in [-0.4, -0.2) is 36.6 Å². The molecule has 0 aliphatic carbocycles. The summed E-state index contributed by atoms with van der Waals surface area (Å²) < 4.78 is 52.5. The van der Waals surface area contributed by atoms with Crippen LogP contribution in [0.15, 0.2) is 53.4 Å². The van der Waals surface area contributed by atoms with Crippen LogP contribution < -0.4 is 0 Å². The largest absolute Gasteiger partial charge is 0.333 e.